The lowest BCUT2D eigenvalue weighted by Crippen LogP contribution is -2.34. The number of rotatable bonds is 2. The molecule has 2 nitrogen and oxygen atoms in total. The van der Waals surface area contributed by atoms with Crippen LogP contribution in [-0.2, 0) is 10.3 Å². The van der Waals surface area contributed by atoms with E-state index in [1.54, 1.807) is 7.11 Å². The summed E-state index contributed by atoms with van der Waals surface area (Å²) in [5.41, 5.74) is 2.88. The molecule has 1 saturated carbocycles. The molecule has 0 radical (unpaired) electrons. The molecule has 0 bridgehead atoms. The van der Waals surface area contributed by atoms with Gasteiger partial charge in [0.15, 0.2) is 0 Å². The predicted molar refractivity (Wildman–Crippen MR) is 69.1 cm³/mol. The van der Waals surface area contributed by atoms with Crippen LogP contribution in [-0.4, -0.2) is 18.3 Å². The Hall–Kier alpha value is -0.860. The van der Waals surface area contributed by atoms with Gasteiger partial charge in [-0.3, -0.25) is 0 Å². The Morgan fingerprint density at radius 3 is 2.12 bits per heavy atom. The highest BCUT2D eigenvalue weighted by Crippen LogP contribution is 2.38. The van der Waals surface area contributed by atoms with Gasteiger partial charge in [0.2, 0.25) is 0 Å². The maximum Gasteiger partial charge on any atom is 0.0898 e. The minimum absolute atomic E-state index is 0.321. The Labute approximate surface area is 104 Å². The fourth-order valence-corrected chi connectivity index (χ4v) is 2.84. The van der Waals surface area contributed by atoms with Crippen LogP contribution in [0.3, 0.4) is 0 Å². The molecule has 1 fully saturated rings. The minimum atomic E-state index is -0.647. The smallest absolute Gasteiger partial charge is 0.0898 e. The number of benzene rings is 1. The molecule has 2 heteroatoms. The van der Waals surface area contributed by atoms with E-state index < -0.39 is 5.60 Å². The van der Waals surface area contributed by atoms with E-state index in [1.807, 2.05) is 0 Å². The number of hydrogen-bond acceptors (Lipinski definition) is 2. The molecule has 1 aliphatic carbocycles. The molecule has 1 aliphatic rings. The maximum absolute atomic E-state index is 10.7. The first-order valence-electron chi connectivity index (χ1n) is 6.37. The normalized spacial score (nSPS) is 29.3. The first-order chi connectivity index (χ1) is 8.03. The summed E-state index contributed by atoms with van der Waals surface area (Å²) >= 11 is 0. The molecular weight excluding hydrogens is 212 g/mol. The average molecular weight is 234 g/mol. The first-order valence-corrected chi connectivity index (χ1v) is 6.37. The van der Waals surface area contributed by atoms with E-state index >= 15 is 0 Å². The van der Waals surface area contributed by atoms with Gasteiger partial charge < -0.3 is 9.84 Å². The van der Waals surface area contributed by atoms with E-state index in [9.17, 15) is 5.11 Å². The average Bonchev–Trinajstić information content (AvgIpc) is 2.29. The van der Waals surface area contributed by atoms with Gasteiger partial charge in [0.1, 0.15) is 0 Å². The largest absolute Gasteiger partial charge is 0.385 e. The Kier molecular flexibility index (Phi) is 3.55. The zero-order valence-electron chi connectivity index (χ0n) is 11.0. The summed E-state index contributed by atoms with van der Waals surface area (Å²) in [6.07, 6.45) is 3.81. The van der Waals surface area contributed by atoms with Crippen LogP contribution >= 0.6 is 0 Å². The maximum atomic E-state index is 10.7. The molecule has 0 spiro atoms. The van der Waals surface area contributed by atoms with Gasteiger partial charge in [-0.2, -0.15) is 0 Å². The molecule has 0 aromatic heterocycles. The van der Waals surface area contributed by atoms with Crippen molar-refractivity contribution in [3.8, 4) is 0 Å². The highest BCUT2D eigenvalue weighted by molar-refractivity contribution is 5.32. The molecule has 0 amide bonds. The lowest BCUT2D eigenvalue weighted by molar-refractivity contribution is -0.0474. The molecule has 2 rings (SSSR count). The van der Waals surface area contributed by atoms with Gasteiger partial charge in [-0.25, -0.2) is 0 Å². The number of methoxy groups -OCH3 is 1. The van der Waals surface area contributed by atoms with Gasteiger partial charge in [0.25, 0.3) is 0 Å². The van der Waals surface area contributed by atoms with E-state index in [2.05, 4.69) is 32.0 Å². The fraction of sp³-hybridized carbons (Fsp3) is 0.600. The third kappa shape index (κ3) is 2.70. The van der Waals surface area contributed by atoms with E-state index in [0.29, 0.717) is 6.10 Å². The molecule has 0 unspecified atom stereocenters. The third-order valence-corrected chi connectivity index (χ3v) is 3.85. The van der Waals surface area contributed by atoms with Gasteiger partial charge in [0.05, 0.1) is 11.7 Å². The van der Waals surface area contributed by atoms with Crippen molar-refractivity contribution < 1.29 is 9.84 Å². The van der Waals surface area contributed by atoms with Gasteiger partial charge in [-0.15, -0.1) is 0 Å². The Morgan fingerprint density at radius 2 is 1.65 bits per heavy atom. The van der Waals surface area contributed by atoms with Crippen LogP contribution in [0.2, 0.25) is 0 Å². The Morgan fingerprint density at radius 1 is 1.12 bits per heavy atom. The van der Waals surface area contributed by atoms with Gasteiger partial charge in [-0.05, 0) is 45.1 Å². The zero-order chi connectivity index (χ0) is 12.5. The molecule has 1 aromatic rings. The Bertz CT molecular complexity index is 370. The fourth-order valence-electron chi connectivity index (χ4n) is 2.84. The second kappa shape index (κ2) is 4.79. The summed E-state index contributed by atoms with van der Waals surface area (Å²) in [5, 5.41) is 10.7. The van der Waals surface area contributed by atoms with Crippen LogP contribution in [0.15, 0.2) is 18.2 Å². The summed E-state index contributed by atoms with van der Waals surface area (Å²) in [7, 11) is 1.76. The number of ether oxygens (including phenoxy) is 1. The first kappa shape index (κ1) is 12.6. The van der Waals surface area contributed by atoms with Crippen LogP contribution in [0.5, 0.6) is 0 Å². The third-order valence-electron chi connectivity index (χ3n) is 3.85. The molecule has 1 N–H and O–H groups in total. The highest BCUT2D eigenvalue weighted by Gasteiger charge is 2.34. The monoisotopic (exact) mass is 234 g/mol. The van der Waals surface area contributed by atoms with Crippen molar-refractivity contribution in [3.05, 3.63) is 34.9 Å². The van der Waals surface area contributed by atoms with Crippen molar-refractivity contribution in [2.24, 2.45) is 0 Å². The van der Waals surface area contributed by atoms with Crippen LogP contribution in [0.25, 0.3) is 0 Å². The molecular formula is C15H22O2. The summed E-state index contributed by atoms with van der Waals surface area (Å²) in [4.78, 5) is 0. The van der Waals surface area contributed by atoms with Crippen LogP contribution < -0.4 is 0 Å². The van der Waals surface area contributed by atoms with Gasteiger partial charge >= 0.3 is 0 Å². The molecule has 17 heavy (non-hydrogen) atoms. The van der Waals surface area contributed by atoms with E-state index in [1.165, 1.54) is 11.1 Å². The molecule has 0 aliphatic heterocycles. The van der Waals surface area contributed by atoms with Crippen molar-refractivity contribution in [2.75, 3.05) is 7.11 Å². The summed E-state index contributed by atoms with van der Waals surface area (Å²) in [6, 6.07) is 6.37. The zero-order valence-corrected chi connectivity index (χ0v) is 11.0. The molecule has 0 heterocycles. The van der Waals surface area contributed by atoms with Crippen molar-refractivity contribution in [2.45, 2.75) is 51.2 Å². The summed E-state index contributed by atoms with van der Waals surface area (Å²) < 4.78 is 5.36. The van der Waals surface area contributed by atoms with Gasteiger partial charge in [-0.1, -0.05) is 29.3 Å². The standard InChI is InChI=1S/C15H22O2/c1-11-8-12(2)10-13(9-11)15(16)6-4-14(17-3)5-7-15/h8-10,14,16H,4-7H2,1-3H3. The quantitative estimate of drug-likeness (QED) is 0.852. The van der Waals surface area contributed by atoms with Crippen LogP contribution in [0.4, 0.5) is 0 Å². The van der Waals surface area contributed by atoms with Crippen molar-refractivity contribution in [1.82, 2.24) is 0 Å². The summed E-state index contributed by atoms with van der Waals surface area (Å²) in [5.74, 6) is 0. The van der Waals surface area contributed by atoms with Crippen molar-refractivity contribution in [1.29, 1.82) is 0 Å². The molecule has 0 atom stereocenters. The number of aryl methyl sites for hydroxylation is 2. The van der Waals surface area contributed by atoms with Gasteiger partial charge in [0, 0.05) is 7.11 Å². The topological polar surface area (TPSA) is 29.5 Å². The van der Waals surface area contributed by atoms with Crippen molar-refractivity contribution >= 4 is 0 Å². The highest BCUT2D eigenvalue weighted by atomic mass is 16.5. The molecule has 94 valence electrons. The van der Waals surface area contributed by atoms with E-state index in [-0.39, 0.29) is 0 Å². The van der Waals surface area contributed by atoms with Crippen LogP contribution in [0, 0.1) is 13.8 Å². The van der Waals surface area contributed by atoms with E-state index in [0.717, 1.165) is 31.2 Å². The second-order valence-electron chi connectivity index (χ2n) is 5.34. The number of aliphatic hydroxyl groups is 1. The molecule has 1 aromatic carbocycles. The minimum Gasteiger partial charge on any atom is -0.385 e. The molecule has 0 saturated heterocycles. The predicted octanol–water partition coefficient (Wildman–Crippen LogP) is 3.08. The van der Waals surface area contributed by atoms with Crippen molar-refractivity contribution in [3.63, 3.8) is 0 Å². The lowest BCUT2D eigenvalue weighted by atomic mass is 9.78. The Balaban J connectivity index is 2.21. The van der Waals surface area contributed by atoms with E-state index in [4.69, 9.17) is 4.74 Å². The summed E-state index contributed by atoms with van der Waals surface area (Å²) in [6.45, 7) is 4.17. The number of hydrogen-bond donors (Lipinski definition) is 1. The van der Waals surface area contributed by atoms with Crippen LogP contribution in [0.1, 0.15) is 42.4 Å². The second-order valence-corrected chi connectivity index (χ2v) is 5.34. The SMILES string of the molecule is COC1CCC(O)(c2cc(C)cc(C)c2)CC1. The lowest BCUT2D eigenvalue weighted by Gasteiger charge is -2.36.